The van der Waals surface area contributed by atoms with Gasteiger partial charge < -0.3 is 15.2 Å². The van der Waals surface area contributed by atoms with Crippen molar-refractivity contribution < 1.29 is 22.6 Å². The monoisotopic (exact) mass is 263 g/mol. The summed E-state index contributed by atoms with van der Waals surface area (Å²) < 4.78 is 47.9. The molecule has 1 aromatic carbocycles. The maximum absolute atomic E-state index is 12.5. The summed E-state index contributed by atoms with van der Waals surface area (Å²) >= 11 is 0. The second-order valence-corrected chi connectivity index (χ2v) is 4.06. The van der Waals surface area contributed by atoms with Crippen molar-refractivity contribution in [1.29, 1.82) is 0 Å². The lowest BCUT2D eigenvalue weighted by Crippen LogP contribution is -2.12. The molecule has 0 aromatic heterocycles. The van der Waals surface area contributed by atoms with E-state index in [1.807, 2.05) is 13.8 Å². The Morgan fingerprint density at radius 1 is 1.17 bits per heavy atom. The predicted molar refractivity (Wildman–Crippen MR) is 62.4 cm³/mol. The van der Waals surface area contributed by atoms with Crippen LogP contribution < -0.4 is 10.5 Å². The summed E-state index contributed by atoms with van der Waals surface area (Å²) in [5.41, 5.74) is 4.60. The standard InChI is InChI=1S/C12H16F3NO2/c1-8(2)17-3-4-18-11-6-9(12(13,14)15)5-10(16)7-11/h5-8H,3-4,16H2,1-2H3. The first-order chi connectivity index (χ1) is 8.29. The zero-order chi connectivity index (χ0) is 13.8. The molecule has 0 heterocycles. The lowest BCUT2D eigenvalue weighted by atomic mass is 10.2. The molecule has 0 bridgehead atoms. The fraction of sp³-hybridized carbons (Fsp3) is 0.500. The molecule has 0 radical (unpaired) electrons. The van der Waals surface area contributed by atoms with Crippen LogP contribution in [0.15, 0.2) is 18.2 Å². The molecule has 0 fully saturated rings. The van der Waals surface area contributed by atoms with E-state index in [0.717, 1.165) is 12.1 Å². The molecule has 0 atom stereocenters. The second kappa shape index (κ2) is 5.95. The average Bonchev–Trinajstić information content (AvgIpc) is 2.22. The predicted octanol–water partition coefficient (Wildman–Crippen LogP) is 3.09. The molecule has 3 nitrogen and oxygen atoms in total. The number of nitrogen functional groups attached to an aromatic ring is 1. The third-order valence-electron chi connectivity index (χ3n) is 2.06. The highest BCUT2D eigenvalue weighted by molar-refractivity contribution is 5.48. The number of halogens is 3. The highest BCUT2D eigenvalue weighted by Gasteiger charge is 2.31. The number of anilines is 1. The van der Waals surface area contributed by atoms with E-state index in [1.54, 1.807) is 0 Å². The van der Waals surface area contributed by atoms with Crippen LogP contribution in [0.25, 0.3) is 0 Å². The van der Waals surface area contributed by atoms with Crippen molar-refractivity contribution >= 4 is 5.69 Å². The van der Waals surface area contributed by atoms with Crippen LogP contribution in [-0.4, -0.2) is 19.3 Å². The van der Waals surface area contributed by atoms with Crippen LogP contribution in [0.4, 0.5) is 18.9 Å². The van der Waals surface area contributed by atoms with Crippen molar-refractivity contribution in [2.45, 2.75) is 26.1 Å². The quantitative estimate of drug-likeness (QED) is 0.655. The van der Waals surface area contributed by atoms with Gasteiger partial charge in [0.1, 0.15) is 12.4 Å². The van der Waals surface area contributed by atoms with Crippen molar-refractivity contribution in [2.75, 3.05) is 18.9 Å². The highest BCUT2D eigenvalue weighted by Crippen LogP contribution is 2.33. The van der Waals surface area contributed by atoms with Gasteiger partial charge in [-0.2, -0.15) is 13.2 Å². The number of hydrogen-bond acceptors (Lipinski definition) is 3. The minimum Gasteiger partial charge on any atom is -0.491 e. The highest BCUT2D eigenvalue weighted by atomic mass is 19.4. The number of nitrogens with two attached hydrogens (primary N) is 1. The normalized spacial score (nSPS) is 11.9. The Morgan fingerprint density at radius 2 is 1.83 bits per heavy atom. The van der Waals surface area contributed by atoms with Crippen LogP contribution in [-0.2, 0) is 10.9 Å². The molecular formula is C12H16F3NO2. The summed E-state index contributed by atoms with van der Waals surface area (Å²) in [5.74, 6) is 0.0923. The first-order valence-electron chi connectivity index (χ1n) is 5.51. The second-order valence-electron chi connectivity index (χ2n) is 4.06. The molecule has 0 aliphatic heterocycles. The van der Waals surface area contributed by atoms with Gasteiger partial charge in [0.05, 0.1) is 18.3 Å². The number of rotatable bonds is 5. The lowest BCUT2D eigenvalue weighted by molar-refractivity contribution is -0.137. The molecule has 0 unspecified atom stereocenters. The topological polar surface area (TPSA) is 44.5 Å². The SMILES string of the molecule is CC(C)OCCOc1cc(N)cc(C(F)(F)F)c1. The van der Waals surface area contributed by atoms with Crippen molar-refractivity contribution in [2.24, 2.45) is 0 Å². The fourth-order valence-corrected chi connectivity index (χ4v) is 1.31. The van der Waals surface area contributed by atoms with Crippen LogP contribution in [0, 0.1) is 0 Å². The lowest BCUT2D eigenvalue weighted by Gasteiger charge is -2.12. The molecule has 0 amide bonds. The Bertz CT molecular complexity index is 391. The number of hydrogen-bond donors (Lipinski definition) is 1. The van der Waals surface area contributed by atoms with Crippen molar-refractivity contribution in [1.82, 2.24) is 0 Å². The molecule has 0 spiro atoms. The summed E-state index contributed by atoms with van der Waals surface area (Å²) in [6.45, 7) is 4.22. The molecule has 0 aliphatic rings. The fourth-order valence-electron chi connectivity index (χ4n) is 1.31. The molecule has 1 rings (SSSR count). The van der Waals surface area contributed by atoms with E-state index in [1.165, 1.54) is 6.07 Å². The summed E-state index contributed by atoms with van der Waals surface area (Å²) in [7, 11) is 0. The van der Waals surface area contributed by atoms with E-state index in [2.05, 4.69) is 0 Å². The van der Waals surface area contributed by atoms with Crippen LogP contribution in [0.3, 0.4) is 0 Å². The third-order valence-corrected chi connectivity index (χ3v) is 2.06. The van der Waals surface area contributed by atoms with Gasteiger partial charge in [0.2, 0.25) is 0 Å². The van der Waals surface area contributed by atoms with Gasteiger partial charge in [-0.1, -0.05) is 0 Å². The Labute approximate surface area is 104 Å². The third kappa shape index (κ3) is 4.83. The van der Waals surface area contributed by atoms with Crippen LogP contribution in [0.2, 0.25) is 0 Å². The van der Waals surface area contributed by atoms with E-state index in [0.29, 0.717) is 6.61 Å². The number of alkyl halides is 3. The average molecular weight is 263 g/mol. The van der Waals surface area contributed by atoms with Crippen molar-refractivity contribution in [3.05, 3.63) is 23.8 Å². The summed E-state index contributed by atoms with van der Waals surface area (Å²) in [4.78, 5) is 0. The molecule has 0 aliphatic carbocycles. The number of ether oxygens (including phenoxy) is 2. The summed E-state index contributed by atoms with van der Waals surface area (Å²) in [5, 5.41) is 0. The Morgan fingerprint density at radius 3 is 2.39 bits per heavy atom. The summed E-state index contributed by atoms with van der Waals surface area (Å²) in [6, 6.07) is 3.15. The molecule has 6 heteroatoms. The van der Waals surface area contributed by atoms with Gasteiger partial charge in [0.15, 0.2) is 0 Å². The van der Waals surface area contributed by atoms with Gasteiger partial charge >= 0.3 is 6.18 Å². The minimum atomic E-state index is -4.43. The zero-order valence-electron chi connectivity index (χ0n) is 10.3. The molecule has 0 saturated heterocycles. The molecule has 1 aromatic rings. The maximum Gasteiger partial charge on any atom is 0.416 e. The van der Waals surface area contributed by atoms with Crippen LogP contribution in [0.1, 0.15) is 19.4 Å². The van der Waals surface area contributed by atoms with E-state index in [9.17, 15) is 13.2 Å². The van der Waals surface area contributed by atoms with Gasteiger partial charge in [0, 0.05) is 11.8 Å². The van der Waals surface area contributed by atoms with Gasteiger partial charge in [-0.15, -0.1) is 0 Å². The van der Waals surface area contributed by atoms with Crippen LogP contribution in [0.5, 0.6) is 5.75 Å². The first-order valence-corrected chi connectivity index (χ1v) is 5.51. The van der Waals surface area contributed by atoms with Gasteiger partial charge in [0.25, 0.3) is 0 Å². The first kappa shape index (κ1) is 14.6. The zero-order valence-corrected chi connectivity index (χ0v) is 10.3. The van der Waals surface area contributed by atoms with Crippen LogP contribution >= 0.6 is 0 Å². The summed E-state index contributed by atoms with van der Waals surface area (Å²) in [6.07, 6.45) is -4.37. The van der Waals surface area contributed by atoms with E-state index >= 15 is 0 Å². The van der Waals surface area contributed by atoms with Gasteiger partial charge in [-0.3, -0.25) is 0 Å². The molecular weight excluding hydrogens is 247 g/mol. The van der Waals surface area contributed by atoms with Crippen molar-refractivity contribution in [3.63, 3.8) is 0 Å². The molecule has 2 N–H and O–H groups in total. The van der Waals surface area contributed by atoms with Crippen molar-refractivity contribution in [3.8, 4) is 5.75 Å². The maximum atomic E-state index is 12.5. The smallest absolute Gasteiger partial charge is 0.416 e. The Balaban J connectivity index is 2.63. The minimum absolute atomic E-state index is 0.0182. The van der Waals surface area contributed by atoms with E-state index in [-0.39, 0.29) is 24.1 Å². The van der Waals surface area contributed by atoms with Gasteiger partial charge in [-0.25, -0.2) is 0 Å². The number of benzene rings is 1. The van der Waals surface area contributed by atoms with Gasteiger partial charge in [-0.05, 0) is 26.0 Å². The molecule has 18 heavy (non-hydrogen) atoms. The molecule has 102 valence electrons. The Kier molecular flexibility index (Phi) is 4.84. The van der Waals surface area contributed by atoms with E-state index < -0.39 is 11.7 Å². The largest absolute Gasteiger partial charge is 0.491 e. The Hall–Kier alpha value is -1.43. The molecule has 0 saturated carbocycles. The van der Waals surface area contributed by atoms with E-state index in [4.69, 9.17) is 15.2 Å².